The second-order valence-electron chi connectivity index (χ2n) is 15.2. The summed E-state index contributed by atoms with van der Waals surface area (Å²) in [7, 11) is 0. The summed E-state index contributed by atoms with van der Waals surface area (Å²) in [6.45, 7) is 7.15. The molecule has 0 saturated heterocycles. The summed E-state index contributed by atoms with van der Waals surface area (Å²) in [5.41, 5.74) is 3.06. The van der Waals surface area contributed by atoms with Gasteiger partial charge in [-0.3, -0.25) is 4.79 Å². The van der Waals surface area contributed by atoms with Crippen LogP contribution >= 0.6 is 0 Å². The van der Waals surface area contributed by atoms with E-state index in [9.17, 15) is 24.5 Å². The van der Waals surface area contributed by atoms with Gasteiger partial charge in [-0.25, -0.2) is 4.39 Å². The Hall–Kier alpha value is -3.81. The SMILES string of the molecule is C=CCO[C@@]12Oc3ccc(OCc4ccccc4F)cc3[C@H]3[C@H](CCCCO)[C@@H](CCCCO)C=C(C(=NOCC)C[C@@H]1N(CCOCCO)C(=O)C1CC1)[C@H]32. The first-order chi connectivity index (χ1) is 27.4. The van der Waals surface area contributed by atoms with Gasteiger partial charge in [0, 0.05) is 49.1 Å². The van der Waals surface area contributed by atoms with Crippen molar-refractivity contribution in [2.75, 3.05) is 52.8 Å². The molecule has 0 bridgehead atoms. The molecule has 2 aromatic carbocycles. The minimum Gasteiger partial charge on any atom is -0.489 e. The van der Waals surface area contributed by atoms with Crippen molar-refractivity contribution in [2.45, 2.75) is 89.1 Å². The van der Waals surface area contributed by atoms with Gasteiger partial charge in [0.05, 0.1) is 38.1 Å². The molecule has 2 fully saturated rings. The molecule has 3 N–H and O–H groups in total. The second kappa shape index (κ2) is 20.1. The van der Waals surface area contributed by atoms with Crippen molar-refractivity contribution in [2.24, 2.45) is 28.8 Å². The standard InChI is InChI=1S/C44H59FN2O9/c1-3-23-54-44-40(47(19-24-52-25-22-50)43(51)30-15-16-30)28-38(46-55-4-2)35-26-31(11-7-9-20-48)34(13-8-10-21-49)41(42(35)44)36-27-33(17-18-39(36)56-44)53-29-32-12-5-6-14-37(32)45/h3,5-6,12,14,17-18,26-27,30-31,34,40-42,48-50H,1,4,7-11,13,15-16,19-25,28-29H2,2H3/t31-,34+,40-,41+,42+,44+/m0/s1. The van der Waals surface area contributed by atoms with Crippen LogP contribution in [0.15, 0.2) is 71.9 Å². The molecule has 6 atom stereocenters. The normalized spacial score (nSPS) is 25.8. The Bertz CT molecular complexity index is 1680. The van der Waals surface area contributed by atoms with Crippen LogP contribution in [0.5, 0.6) is 11.5 Å². The van der Waals surface area contributed by atoms with Crippen LogP contribution < -0.4 is 9.47 Å². The van der Waals surface area contributed by atoms with Crippen molar-refractivity contribution in [3.63, 3.8) is 0 Å². The summed E-state index contributed by atoms with van der Waals surface area (Å²) < 4.78 is 40.9. The van der Waals surface area contributed by atoms with E-state index in [2.05, 4.69) is 12.7 Å². The maximum Gasteiger partial charge on any atom is 0.239 e. The van der Waals surface area contributed by atoms with Crippen molar-refractivity contribution < 1.29 is 48.3 Å². The molecule has 0 aromatic heterocycles. The lowest BCUT2D eigenvalue weighted by molar-refractivity contribution is -0.258. The number of fused-ring (bicyclic) bond motifs is 2. The number of hydrogen-bond acceptors (Lipinski definition) is 10. The highest BCUT2D eigenvalue weighted by molar-refractivity contribution is 6.03. The number of hydrogen-bond donors (Lipinski definition) is 3. The Balaban J connectivity index is 1.54. The summed E-state index contributed by atoms with van der Waals surface area (Å²) >= 11 is 0. The summed E-state index contributed by atoms with van der Waals surface area (Å²) in [5.74, 6) is -1.15. The molecule has 56 heavy (non-hydrogen) atoms. The minimum absolute atomic E-state index is 0.00684. The minimum atomic E-state index is -1.37. The number of aliphatic hydroxyl groups is 3. The number of aliphatic hydroxyl groups excluding tert-OH is 3. The average Bonchev–Trinajstić information content (AvgIpc) is 4.06. The average molecular weight is 779 g/mol. The molecule has 0 unspecified atom stereocenters. The predicted octanol–water partition coefficient (Wildman–Crippen LogP) is 6.31. The predicted molar refractivity (Wildman–Crippen MR) is 210 cm³/mol. The molecule has 12 heteroatoms. The third kappa shape index (κ3) is 9.31. The van der Waals surface area contributed by atoms with Crippen molar-refractivity contribution in [1.82, 2.24) is 4.90 Å². The van der Waals surface area contributed by atoms with Crippen LogP contribution in [-0.2, 0) is 25.7 Å². The van der Waals surface area contributed by atoms with Gasteiger partial charge >= 0.3 is 0 Å². The molecule has 2 aromatic rings. The number of allylic oxidation sites excluding steroid dienone is 1. The van der Waals surface area contributed by atoms with Crippen molar-refractivity contribution in [1.29, 1.82) is 0 Å². The van der Waals surface area contributed by atoms with E-state index in [0.717, 1.165) is 55.4 Å². The number of oxime groups is 1. The fourth-order valence-electron chi connectivity index (χ4n) is 8.97. The molecule has 2 saturated carbocycles. The molecular weight excluding hydrogens is 719 g/mol. The van der Waals surface area contributed by atoms with E-state index in [4.69, 9.17) is 28.9 Å². The fraction of sp³-hybridized carbons (Fsp3) is 0.591. The Morgan fingerprint density at radius 1 is 1.05 bits per heavy atom. The Morgan fingerprint density at radius 3 is 2.55 bits per heavy atom. The third-order valence-corrected chi connectivity index (χ3v) is 11.6. The zero-order valence-corrected chi connectivity index (χ0v) is 32.7. The maximum absolute atomic E-state index is 14.7. The highest BCUT2D eigenvalue weighted by Gasteiger charge is 2.65. The molecular formula is C44H59FN2O9. The van der Waals surface area contributed by atoms with Crippen molar-refractivity contribution >= 4 is 11.6 Å². The lowest BCUT2D eigenvalue weighted by Crippen LogP contribution is -2.70. The van der Waals surface area contributed by atoms with Crippen LogP contribution in [0.2, 0.25) is 0 Å². The van der Waals surface area contributed by atoms with Crippen molar-refractivity contribution in [3.8, 4) is 11.5 Å². The summed E-state index contributed by atoms with van der Waals surface area (Å²) in [6, 6.07) is 11.7. The van der Waals surface area contributed by atoms with Crippen LogP contribution in [0.3, 0.4) is 0 Å². The van der Waals surface area contributed by atoms with E-state index in [0.29, 0.717) is 42.9 Å². The molecule has 4 aliphatic rings. The molecule has 1 amide bonds. The third-order valence-electron chi connectivity index (χ3n) is 11.6. The van der Waals surface area contributed by atoms with E-state index in [1.54, 1.807) is 24.3 Å². The number of benzene rings is 2. The smallest absolute Gasteiger partial charge is 0.239 e. The highest BCUT2D eigenvalue weighted by Crippen LogP contribution is 2.62. The van der Waals surface area contributed by atoms with Crippen LogP contribution in [0, 0.1) is 29.5 Å². The van der Waals surface area contributed by atoms with Crippen LogP contribution in [-0.4, -0.2) is 96.5 Å². The van der Waals surface area contributed by atoms with Crippen LogP contribution in [0.25, 0.3) is 0 Å². The Labute approximate surface area is 330 Å². The number of nitrogens with zero attached hydrogens (tertiary/aromatic N) is 2. The first kappa shape index (κ1) is 41.8. The lowest BCUT2D eigenvalue weighted by atomic mass is 9.55. The largest absolute Gasteiger partial charge is 0.489 e. The van der Waals surface area contributed by atoms with E-state index in [-0.39, 0.29) is 88.2 Å². The monoisotopic (exact) mass is 778 g/mol. The molecule has 6 rings (SSSR count). The molecule has 3 aliphatic carbocycles. The van der Waals surface area contributed by atoms with Crippen molar-refractivity contribution in [3.05, 3.63) is 83.7 Å². The number of halogens is 1. The number of amides is 1. The molecule has 0 radical (unpaired) electrons. The zero-order chi connectivity index (χ0) is 39.5. The van der Waals surface area contributed by atoms with Crippen LogP contribution in [0.1, 0.15) is 81.8 Å². The maximum atomic E-state index is 14.7. The van der Waals surface area contributed by atoms with Gasteiger partial charge in [0.2, 0.25) is 11.7 Å². The lowest BCUT2D eigenvalue weighted by Gasteiger charge is -2.60. The summed E-state index contributed by atoms with van der Waals surface area (Å²) in [5, 5.41) is 33.9. The Morgan fingerprint density at radius 2 is 1.84 bits per heavy atom. The van der Waals surface area contributed by atoms with Gasteiger partial charge in [-0.2, -0.15) is 0 Å². The molecule has 1 heterocycles. The topological polar surface area (TPSA) is 140 Å². The summed E-state index contributed by atoms with van der Waals surface area (Å²) in [4.78, 5) is 22.1. The van der Waals surface area contributed by atoms with Gasteiger partial charge in [-0.05, 0) is 87.1 Å². The van der Waals surface area contributed by atoms with Gasteiger partial charge in [-0.15, -0.1) is 6.58 Å². The van der Waals surface area contributed by atoms with Gasteiger partial charge in [0.1, 0.15) is 36.6 Å². The molecule has 306 valence electrons. The number of rotatable bonds is 23. The molecule has 11 nitrogen and oxygen atoms in total. The summed E-state index contributed by atoms with van der Waals surface area (Å²) in [6.07, 6.45) is 10.5. The fourth-order valence-corrected chi connectivity index (χ4v) is 8.97. The van der Waals surface area contributed by atoms with E-state index < -0.39 is 17.7 Å². The molecule has 1 aliphatic heterocycles. The molecule has 0 spiro atoms. The Kier molecular flexibility index (Phi) is 15.0. The first-order valence-electron chi connectivity index (χ1n) is 20.5. The highest BCUT2D eigenvalue weighted by atomic mass is 19.1. The van der Waals surface area contributed by atoms with E-state index >= 15 is 0 Å². The number of carbonyl (C=O) groups is 1. The van der Waals surface area contributed by atoms with Gasteiger partial charge in [0.15, 0.2) is 0 Å². The van der Waals surface area contributed by atoms with E-state index in [1.165, 1.54) is 6.07 Å². The second-order valence-corrected chi connectivity index (χ2v) is 15.2. The first-order valence-corrected chi connectivity index (χ1v) is 20.5. The quantitative estimate of drug-likeness (QED) is 0.0674. The van der Waals surface area contributed by atoms with E-state index in [1.807, 2.05) is 30.0 Å². The van der Waals surface area contributed by atoms with Crippen LogP contribution in [0.4, 0.5) is 4.39 Å². The zero-order valence-electron chi connectivity index (χ0n) is 32.7. The van der Waals surface area contributed by atoms with Gasteiger partial charge in [-0.1, -0.05) is 48.3 Å². The van der Waals surface area contributed by atoms with Gasteiger partial charge in [0.25, 0.3) is 0 Å². The number of ether oxygens (including phenoxy) is 4. The number of unbranched alkanes of at least 4 members (excludes halogenated alkanes) is 2. The van der Waals surface area contributed by atoms with Gasteiger partial charge < -0.3 is 44.0 Å². The number of carbonyl (C=O) groups excluding carboxylic acids is 1.